The lowest BCUT2D eigenvalue weighted by Gasteiger charge is -2.57. The van der Waals surface area contributed by atoms with Crippen molar-refractivity contribution in [2.75, 3.05) is 19.6 Å². The van der Waals surface area contributed by atoms with Gasteiger partial charge in [0.1, 0.15) is 0 Å². The highest BCUT2D eigenvalue weighted by Crippen LogP contribution is 2.42. The van der Waals surface area contributed by atoms with Gasteiger partial charge in [0, 0.05) is 24.7 Å². The highest BCUT2D eigenvalue weighted by atomic mass is 16.4. The van der Waals surface area contributed by atoms with Crippen LogP contribution in [0.25, 0.3) is 0 Å². The van der Waals surface area contributed by atoms with Crippen LogP contribution in [0.5, 0.6) is 0 Å². The Hall–Kier alpha value is -0.610. The second-order valence-corrected chi connectivity index (χ2v) is 8.25. The van der Waals surface area contributed by atoms with Crippen molar-refractivity contribution >= 4 is 5.97 Å². The smallest absolute Gasteiger partial charge is 0.303 e. The van der Waals surface area contributed by atoms with Gasteiger partial charge in [-0.2, -0.15) is 0 Å². The molecule has 3 rings (SSSR count). The highest BCUT2D eigenvalue weighted by Gasteiger charge is 2.50. The number of carboxylic acids is 1. The van der Waals surface area contributed by atoms with E-state index in [1.165, 1.54) is 38.6 Å². The summed E-state index contributed by atoms with van der Waals surface area (Å²) < 4.78 is 1.15. The Kier molecular flexibility index (Phi) is 4.28. The van der Waals surface area contributed by atoms with Crippen LogP contribution in [0, 0.1) is 17.8 Å². The number of piperidine rings is 1. The molecule has 0 aromatic heterocycles. The molecule has 0 aromatic rings. The topological polar surface area (TPSA) is 63.3 Å². The quantitative estimate of drug-likeness (QED) is 0.765. The summed E-state index contributed by atoms with van der Waals surface area (Å²) in [6.07, 6.45) is 7.98. The van der Waals surface area contributed by atoms with Gasteiger partial charge in [0.05, 0.1) is 38.1 Å². The molecule has 0 bridgehead atoms. The second kappa shape index (κ2) is 5.88. The summed E-state index contributed by atoms with van der Waals surface area (Å²) >= 11 is 0. The zero-order valence-corrected chi connectivity index (χ0v) is 13.3. The third-order valence-corrected chi connectivity index (χ3v) is 6.29. The fraction of sp³-hybridized carbons (Fsp3) is 0.941. The lowest BCUT2D eigenvalue weighted by atomic mass is 9.74. The summed E-state index contributed by atoms with van der Waals surface area (Å²) in [6, 6.07) is 0.947. The van der Waals surface area contributed by atoms with Gasteiger partial charge in [-0.25, -0.2) is 0 Å². The van der Waals surface area contributed by atoms with Gasteiger partial charge in [-0.05, 0) is 25.2 Å². The van der Waals surface area contributed by atoms with E-state index in [9.17, 15) is 4.79 Å². The molecule has 3 atom stereocenters. The lowest BCUT2D eigenvalue weighted by Crippen LogP contribution is -2.69. The summed E-state index contributed by atoms with van der Waals surface area (Å²) in [5, 5.41) is 9.17. The molecule has 0 radical (unpaired) electrons. The number of nitrogens with zero attached hydrogens (tertiary/aromatic N) is 1. The largest absolute Gasteiger partial charge is 0.481 e. The molecule has 0 amide bonds. The molecule has 3 aliphatic rings. The first-order chi connectivity index (χ1) is 9.97. The van der Waals surface area contributed by atoms with E-state index < -0.39 is 5.97 Å². The molecule has 2 aliphatic carbocycles. The van der Waals surface area contributed by atoms with Gasteiger partial charge in [0.2, 0.25) is 0 Å². The van der Waals surface area contributed by atoms with E-state index in [1.807, 2.05) is 0 Å². The van der Waals surface area contributed by atoms with E-state index in [0.717, 1.165) is 41.9 Å². The third kappa shape index (κ3) is 3.26. The molecule has 3 N–H and O–H groups in total. The molecule has 4 heteroatoms. The van der Waals surface area contributed by atoms with E-state index >= 15 is 0 Å². The minimum Gasteiger partial charge on any atom is -0.481 e. The number of likely N-dealkylation sites (tertiary alicyclic amines) is 1. The number of aliphatic carboxylic acids is 1. The SMILES string of the molecule is CC1CC([N+]2(CC3CCC3)CC(N)CC(CC(=O)O)C2)C1. The maximum atomic E-state index is 11.1. The first-order valence-corrected chi connectivity index (χ1v) is 8.80. The van der Waals surface area contributed by atoms with Gasteiger partial charge >= 0.3 is 5.97 Å². The van der Waals surface area contributed by atoms with Crippen molar-refractivity contribution in [3.8, 4) is 0 Å². The van der Waals surface area contributed by atoms with Crippen LogP contribution >= 0.6 is 0 Å². The summed E-state index contributed by atoms with van der Waals surface area (Å²) in [5.41, 5.74) is 6.35. The molecule has 0 spiro atoms. The summed E-state index contributed by atoms with van der Waals surface area (Å²) in [6.45, 7) is 5.76. The molecule has 120 valence electrons. The summed E-state index contributed by atoms with van der Waals surface area (Å²) in [7, 11) is 0. The lowest BCUT2D eigenvalue weighted by molar-refractivity contribution is -0.968. The Labute approximate surface area is 128 Å². The first kappa shape index (κ1) is 15.3. The van der Waals surface area contributed by atoms with Crippen LogP contribution in [0.1, 0.15) is 51.9 Å². The predicted molar refractivity (Wildman–Crippen MR) is 82.7 cm³/mol. The van der Waals surface area contributed by atoms with E-state index in [0.29, 0.717) is 6.42 Å². The van der Waals surface area contributed by atoms with Gasteiger partial charge in [-0.1, -0.05) is 13.3 Å². The minimum absolute atomic E-state index is 0.194. The average molecular weight is 295 g/mol. The van der Waals surface area contributed by atoms with Gasteiger partial charge < -0.3 is 15.3 Å². The molecule has 1 aliphatic heterocycles. The van der Waals surface area contributed by atoms with Crippen molar-refractivity contribution in [3.05, 3.63) is 0 Å². The maximum Gasteiger partial charge on any atom is 0.303 e. The Morgan fingerprint density at radius 3 is 2.43 bits per heavy atom. The summed E-state index contributed by atoms with van der Waals surface area (Å²) in [5.74, 6) is 1.35. The minimum atomic E-state index is -0.655. The predicted octanol–water partition coefficient (Wildman–Crippen LogP) is 2.22. The van der Waals surface area contributed by atoms with E-state index in [-0.39, 0.29) is 12.0 Å². The number of hydrogen-bond acceptors (Lipinski definition) is 2. The maximum absolute atomic E-state index is 11.1. The molecule has 21 heavy (non-hydrogen) atoms. The van der Waals surface area contributed by atoms with Crippen LogP contribution in [0.2, 0.25) is 0 Å². The third-order valence-electron chi connectivity index (χ3n) is 6.29. The number of rotatable bonds is 5. The van der Waals surface area contributed by atoms with E-state index in [2.05, 4.69) is 6.92 Å². The van der Waals surface area contributed by atoms with Crippen molar-refractivity contribution in [3.63, 3.8) is 0 Å². The number of quaternary nitrogens is 1. The molecule has 2 saturated carbocycles. The van der Waals surface area contributed by atoms with Crippen LogP contribution in [-0.2, 0) is 4.79 Å². The van der Waals surface area contributed by atoms with E-state index in [4.69, 9.17) is 10.8 Å². The van der Waals surface area contributed by atoms with Crippen molar-refractivity contribution in [1.82, 2.24) is 0 Å². The fourth-order valence-corrected chi connectivity index (χ4v) is 5.12. The highest BCUT2D eigenvalue weighted by molar-refractivity contribution is 5.67. The Bertz CT molecular complexity index is 390. The van der Waals surface area contributed by atoms with Gasteiger partial charge in [0.25, 0.3) is 0 Å². The van der Waals surface area contributed by atoms with Crippen molar-refractivity contribution < 1.29 is 14.4 Å². The zero-order valence-electron chi connectivity index (χ0n) is 13.3. The van der Waals surface area contributed by atoms with Gasteiger partial charge in [0.15, 0.2) is 0 Å². The normalized spacial score (nSPS) is 43.9. The van der Waals surface area contributed by atoms with Crippen LogP contribution in [0.15, 0.2) is 0 Å². The van der Waals surface area contributed by atoms with Crippen LogP contribution in [0.3, 0.4) is 0 Å². The number of carbonyl (C=O) groups is 1. The Morgan fingerprint density at radius 1 is 1.19 bits per heavy atom. The van der Waals surface area contributed by atoms with Gasteiger partial charge in [-0.3, -0.25) is 4.79 Å². The Morgan fingerprint density at radius 2 is 1.90 bits per heavy atom. The molecule has 0 aromatic carbocycles. The number of nitrogens with two attached hydrogens (primary N) is 1. The number of carboxylic acid groups (broad SMARTS) is 1. The van der Waals surface area contributed by atoms with Crippen LogP contribution in [0.4, 0.5) is 0 Å². The zero-order chi connectivity index (χ0) is 15.0. The molecular weight excluding hydrogens is 264 g/mol. The van der Waals surface area contributed by atoms with Crippen molar-refractivity contribution in [1.29, 1.82) is 0 Å². The number of hydrogen-bond donors (Lipinski definition) is 2. The van der Waals surface area contributed by atoms with Crippen molar-refractivity contribution in [2.24, 2.45) is 23.5 Å². The molecule has 3 unspecified atom stereocenters. The first-order valence-electron chi connectivity index (χ1n) is 8.80. The fourth-order valence-electron chi connectivity index (χ4n) is 5.12. The van der Waals surface area contributed by atoms with Crippen LogP contribution < -0.4 is 5.73 Å². The standard InChI is InChI=1S/C17H30N2O2/c1-12-5-16(6-12)19(9-13-3-2-4-13)10-14(8-17(20)21)7-15(18)11-19/h12-16H,2-11,18H2,1H3/p+1. The monoisotopic (exact) mass is 295 g/mol. The Balaban J connectivity index is 1.73. The molecule has 1 heterocycles. The van der Waals surface area contributed by atoms with Crippen molar-refractivity contribution in [2.45, 2.75) is 64.0 Å². The molecular formula is C17H31N2O2+. The van der Waals surface area contributed by atoms with Gasteiger partial charge in [-0.15, -0.1) is 0 Å². The molecule has 1 saturated heterocycles. The summed E-state index contributed by atoms with van der Waals surface area (Å²) in [4.78, 5) is 11.1. The average Bonchev–Trinajstić information content (AvgIpc) is 2.28. The molecule has 4 nitrogen and oxygen atoms in total. The second-order valence-electron chi connectivity index (χ2n) is 8.25. The molecule has 3 fully saturated rings. The van der Waals surface area contributed by atoms with Crippen LogP contribution in [-0.4, -0.2) is 47.3 Å². The van der Waals surface area contributed by atoms with E-state index in [1.54, 1.807) is 0 Å².